The number of fused-ring (bicyclic) bond motifs is 1. The molecule has 2 heterocycles. The molecule has 0 N–H and O–H groups in total. The second-order valence-electron chi connectivity index (χ2n) is 8.72. The predicted molar refractivity (Wildman–Crippen MR) is 124 cm³/mol. The highest BCUT2D eigenvalue weighted by atomic mass is 16.2. The molecule has 0 radical (unpaired) electrons. The Labute approximate surface area is 179 Å². The smallest absolute Gasteiger partial charge is 0.227 e. The van der Waals surface area contributed by atoms with E-state index >= 15 is 0 Å². The monoisotopic (exact) mass is 403 g/mol. The van der Waals surface area contributed by atoms with Crippen molar-refractivity contribution in [2.45, 2.75) is 71.8 Å². The summed E-state index contributed by atoms with van der Waals surface area (Å²) < 4.78 is 2.38. The molecule has 158 valence electrons. The SMILES string of the molecule is CCCCCCCn1c(C2CC(=O)N(c3ccc(C)cc3C)C2)nc2ccccc21. The van der Waals surface area contributed by atoms with Gasteiger partial charge in [-0.2, -0.15) is 0 Å². The van der Waals surface area contributed by atoms with E-state index in [-0.39, 0.29) is 11.8 Å². The van der Waals surface area contributed by atoms with Crippen LogP contribution < -0.4 is 4.90 Å². The van der Waals surface area contributed by atoms with Gasteiger partial charge in [0.05, 0.1) is 11.0 Å². The zero-order valence-electron chi connectivity index (χ0n) is 18.5. The van der Waals surface area contributed by atoms with Crippen LogP contribution in [-0.2, 0) is 11.3 Å². The fourth-order valence-electron chi connectivity index (χ4n) is 4.74. The number of carbonyl (C=O) groups is 1. The number of hydrogen-bond donors (Lipinski definition) is 0. The van der Waals surface area contributed by atoms with E-state index in [9.17, 15) is 4.79 Å². The van der Waals surface area contributed by atoms with Gasteiger partial charge in [0.2, 0.25) is 5.91 Å². The fourth-order valence-corrected chi connectivity index (χ4v) is 4.74. The molecule has 1 fully saturated rings. The van der Waals surface area contributed by atoms with Crippen molar-refractivity contribution in [3.8, 4) is 0 Å². The second-order valence-corrected chi connectivity index (χ2v) is 8.72. The molecule has 0 aliphatic carbocycles. The first-order valence-corrected chi connectivity index (χ1v) is 11.4. The molecular weight excluding hydrogens is 370 g/mol. The van der Waals surface area contributed by atoms with Crippen LogP contribution in [0.2, 0.25) is 0 Å². The number of aromatic nitrogens is 2. The van der Waals surface area contributed by atoms with Crippen molar-refractivity contribution in [2.75, 3.05) is 11.4 Å². The standard InChI is InChI=1S/C26H33N3O/c1-4-5-6-7-10-15-28-24-12-9-8-11-22(24)27-26(28)21-17-25(30)29(18-21)23-14-13-19(2)16-20(23)3/h8-9,11-14,16,21H,4-7,10,15,17-18H2,1-3H3. The van der Waals surface area contributed by atoms with Crippen molar-refractivity contribution in [2.24, 2.45) is 0 Å². The molecule has 2 aromatic carbocycles. The van der Waals surface area contributed by atoms with Crippen LogP contribution >= 0.6 is 0 Å². The van der Waals surface area contributed by atoms with Crippen molar-refractivity contribution in [3.05, 3.63) is 59.4 Å². The molecule has 3 aromatic rings. The Morgan fingerprint density at radius 1 is 1.03 bits per heavy atom. The number of rotatable bonds is 8. The van der Waals surface area contributed by atoms with E-state index in [0.29, 0.717) is 13.0 Å². The number of hydrogen-bond acceptors (Lipinski definition) is 2. The maximum absolute atomic E-state index is 12.9. The maximum atomic E-state index is 12.9. The van der Waals surface area contributed by atoms with Crippen molar-refractivity contribution in [3.63, 3.8) is 0 Å². The summed E-state index contributed by atoms with van der Waals surface area (Å²) in [6, 6.07) is 14.7. The molecule has 1 aliphatic heterocycles. The lowest BCUT2D eigenvalue weighted by Crippen LogP contribution is -2.25. The van der Waals surface area contributed by atoms with Crippen LogP contribution in [0.25, 0.3) is 11.0 Å². The van der Waals surface area contributed by atoms with E-state index in [0.717, 1.165) is 35.6 Å². The van der Waals surface area contributed by atoms with Gasteiger partial charge in [0.1, 0.15) is 5.82 Å². The fraction of sp³-hybridized carbons (Fsp3) is 0.462. The minimum atomic E-state index is 0.140. The minimum absolute atomic E-state index is 0.140. The Bertz CT molecular complexity index is 1040. The third kappa shape index (κ3) is 4.14. The highest BCUT2D eigenvalue weighted by molar-refractivity contribution is 5.97. The normalized spacial score (nSPS) is 16.7. The first-order valence-electron chi connectivity index (χ1n) is 11.4. The van der Waals surface area contributed by atoms with Gasteiger partial charge in [0, 0.05) is 31.1 Å². The summed E-state index contributed by atoms with van der Waals surface area (Å²) >= 11 is 0. The zero-order valence-corrected chi connectivity index (χ0v) is 18.5. The molecule has 1 amide bonds. The molecule has 4 nitrogen and oxygen atoms in total. The molecule has 1 saturated heterocycles. The topological polar surface area (TPSA) is 38.1 Å². The first kappa shape index (κ1) is 20.6. The van der Waals surface area contributed by atoms with Crippen LogP contribution in [0, 0.1) is 13.8 Å². The van der Waals surface area contributed by atoms with Gasteiger partial charge in [-0.15, -0.1) is 0 Å². The lowest BCUT2D eigenvalue weighted by Gasteiger charge is -2.20. The van der Waals surface area contributed by atoms with Crippen LogP contribution in [0.3, 0.4) is 0 Å². The van der Waals surface area contributed by atoms with Gasteiger partial charge in [0.15, 0.2) is 0 Å². The Morgan fingerprint density at radius 2 is 1.83 bits per heavy atom. The van der Waals surface area contributed by atoms with E-state index in [1.165, 1.54) is 36.8 Å². The largest absolute Gasteiger partial charge is 0.328 e. The van der Waals surface area contributed by atoms with E-state index in [4.69, 9.17) is 4.98 Å². The maximum Gasteiger partial charge on any atom is 0.227 e. The Kier molecular flexibility index (Phi) is 6.21. The molecule has 1 aliphatic rings. The summed E-state index contributed by atoms with van der Waals surface area (Å²) in [4.78, 5) is 19.9. The zero-order chi connectivity index (χ0) is 21.1. The Hall–Kier alpha value is -2.62. The summed E-state index contributed by atoms with van der Waals surface area (Å²) in [5, 5.41) is 0. The van der Waals surface area contributed by atoms with Crippen LogP contribution in [0.4, 0.5) is 5.69 Å². The molecule has 0 saturated carbocycles. The molecule has 30 heavy (non-hydrogen) atoms. The Morgan fingerprint density at radius 3 is 2.63 bits per heavy atom. The predicted octanol–water partition coefficient (Wildman–Crippen LogP) is 6.14. The van der Waals surface area contributed by atoms with Crippen LogP contribution in [-0.4, -0.2) is 22.0 Å². The van der Waals surface area contributed by atoms with Gasteiger partial charge in [-0.25, -0.2) is 4.98 Å². The van der Waals surface area contributed by atoms with Gasteiger partial charge in [-0.05, 0) is 44.0 Å². The van der Waals surface area contributed by atoms with Crippen molar-refractivity contribution < 1.29 is 4.79 Å². The number of benzene rings is 2. The number of imidazole rings is 1. The molecule has 4 rings (SSSR count). The summed E-state index contributed by atoms with van der Waals surface area (Å²) in [7, 11) is 0. The van der Waals surface area contributed by atoms with E-state index < -0.39 is 0 Å². The summed E-state index contributed by atoms with van der Waals surface area (Å²) in [5.74, 6) is 1.42. The van der Waals surface area contributed by atoms with Gasteiger partial charge in [-0.1, -0.05) is 62.4 Å². The number of carbonyl (C=O) groups excluding carboxylic acids is 1. The van der Waals surface area contributed by atoms with Gasteiger partial charge >= 0.3 is 0 Å². The van der Waals surface area contributed by atoms with Crippen LogP contribution in [0.1, 0.15) is 68.3 Å². The van der Waals surface area contributed by atoms with Gasteiger partial charge < -0.3 is 9.47 Å². The molecule has 1 aromatic heterocycles. The number of unbranched alkanes of at least 4 members (excludes halogenated alkanes) is 4. The summed E-state index contributed by atoms with van der Waals surface area (Å²) in [5.41, 5.74) is 5.66. The quantitative estimate of drug-likeness (QED) is 0.423. The average molecular weight is 404 g/mol. The molecular formula is C26H33N3O. The minimum Gasteiger partial charge on any atom is -0.328 e. The summed E-state index contributed by atoms with van der Waals surface area (Å²) in [6.45, 7) is 8.12. The van der Waals surface area contributed by atoms with E-state index in [2.05, 4.69) is 61.7 Å². The highest BCUT2D eigenvalue weighted by Gasteiger charge is 2.35. The molecule has 0 bridgehead atoms. The number of aryl methyl sites for hydroxylation is 3. The molecule has 0 spiro atoms. The average Bonchev–Trinajstić information content (AvgIpc) is 3.29. The van der Waals surface area contributed by atoms with E-state index in [1.54, 1.807) is 0 Å². The molecule has 1 atom stereocenters. The number of para-hydroxylation sites is 2. The molecule has 4 heteroatoms. The highest BCUT2D eigenvalue weighted by Crippen LogP contribution is 2.34. The van der Waals surface area contributed by atoms with Gasteiger partial charge in [0.25, 0.3) is 0 Å². The van der Waals surface area contributed by atoms with Gasteiger partial charge in [-0.3, -0.25) is 4.79 Å². The third-order valence-corrected chi connectivity index (χ3v) is 6.30. The third-order valence-electron chi connectivity index (χ3n) is 6.30. The van der Waals surface area contributed by atoms with Crippen molar-refractivity contribution in [1.82, 2.24) is 9.55 Å². The van der Waals surface area contributed by atoms with Crippen LogP contribution in [0.5, 0.6) is 0 Å². The summed E-state index contributed by atoms with van der Waals surface area (Å²) in [6.07, 6.45) is 6.80. The Balaban J connectivity index is 1.59. The number of nitrogens with zero attached hydrogens (tertiary/aromatic N) is 3. The van der Waals surface area contributed by atoms with Crippen molar-refractivity contribution >= 4 is 22.6 Å². The first-order chi connectivity index (χ1) is 14.6. The number of amides is 1. The second kappa shape index (κ2) is 9.03. The lowest BCUT2D eigenvalue weighted by molar-refractivity contribution is -0.117. The van der Waals surface area contributed by atoms with Crippen LogP contribution in [0.15, 0.2) is 42.5 Å². The number of anilines is 1. The van der Waals surface area contributed by atoms with Crippen molar-refractivity contribution in [1.29, 1.82) is 0 Å². The van der Waals surface area contributed by atoms with E-state index in [1.807, 2.05) is 11.0 Å². The lowest BCUT2D eigenvalue weighted by atomic mass is 10.1. The molecule has 1 unspecified atom stereocenters.